The van der Waals surface area contributed by atoms with Crippen molar-refractivity contribution >= 4 is 22.4 Å². The molecule has 1 saturated carbocycles. The van der Waals surface area contributed by atoms with E-state index in [1.54, 1.807) is 12.1 Å². The van der Waals surface area contributed by atoms with Gasteiger partial charge in [0.1, 0.15) is 5.82 Å². The van der Waals surface area contributed by atoms with Gasteiger partial charge in [-0.1, -0.05) is 24.0 Å². The van der Waals surface area contributed by atoms with Crippen molar-refractivity contribution in [3.63, 3.8) is 0 Å². The summed E-state index contributed by atoms with van der Waals surface area (Å²) in [4.78, 5) is 21.0. The Morgan fingerprint density at radius 3 is 2.83 bits per heavy atom. The highest BCUT2D eigenvalue weighted by Crippen LogP contribution is 2.44. The molecule has 0 atom stereocenters. The summed E-state index contributed by atoms with van der Waals surface area (Å²) in [6.07, 6.45) is 5.18. The fourth-order valence-corrected chi connectivity index (χ4v) is 4.00. The predicted molar refractivity (Wildman–Crippen MR) is 113 cm³/mol. The molecular formula is C24H22FN3O. The minimum atomic E-state index is -0.471. The fourth-order valence-electron chi connectivity index (χ4n) is 4.00. The van der Waals surface area contributed by atoms with Crippen LogP contribution in [0.15, 0.2) is 41.2 Å². The Hall–Kier alpha value is -3.13. The standard InChI is InChI=1S/C24H22FN3O/c1-24(13-14-24)12-11-16-6-4-10-20-17(16)7-2-3-15-28(20)22-21-18(25)8-5-9-19(21)26-23(29)27-22/h4-6,8-10H,2-3,7,13-15H2,1H3,(H,26,27,29). The maximum Gasteiger partial charge on any atom is 0.347 e. The predicted octanol–water partition coefficient (Wildman–Crippen LogP) is 4.69. The van der Waals surface area contributed by atoms with Gasteiger partial charge in [0.25, 0.3) is 0 Å². The topological polar surface area (TPSA) is 49.0 Å². The van der Waals surface area contributed by atoms with Crippen LogP contribution in [0.4, 0.5) is 15.9 Å². The van der Waals surface area contributed by atoms with Gasteiger partial charge in [-0.2, -0.15) is 4.98 Å². The molecule has 2 heterocycles. The second-order valence-corrected chi connectivity index (χ2v) is 8.25. The summed E-state index contributed by atoms with van der Waals surface area (Å²) in [5, 5.41) is 0.349. The summed E-state index contributed by atoms with van der Waals surface area (Å²) >= 11 is 0. The Morgan fingerprint density at radius 1 is 1.17 bits per heavy atom. The normalized spacial score (nSPS) is 17.2. The van der Waals surface area contributed by atoms with Crippen molar-refractivity contribution < 1.29 is 4.39 Å². The molecule has 0 bridgehead atoms. The molecule has 1 aromatic heterocycles. The molecule has 1 aliphatic heterocycles. The molecule has 4 nitrogen and oxygen atoms in total. The first-order chi connectivity index (χ1) is 14.0. The van der Waals surface area contributed by atoms with Crippen molar-refractivity contribution in [2.75, 3.05) is 11.4 Å². The number of halogens is 1. The van der Waals surface area contributed by atoms with E-state index in [1.807, 2.05) is 17.0 Å². The van der Waals surface area contributed by atoms with Crippen LogP contribution in [0.1, 0.15) is 43.7 Å². The number of nitrogens with one attached hydrogen (secondary N) is 1. The summed E-state index contributed by atoms with van der Waals surface area (Å²) < 4.78 is 14.7. The number of H-pyrrole nitrogens is 1. The Morgan fingerprint density at radius 2 is 2.00 bits per heavy atom. The Balaban J connectivity index is 1.70. The summed E-state index contributed by atoms with van der Waals surface area (Å²) in [6.45, 7) is 2.88. The van der Waals surface area contributed by atoms with Gasteiger partial charge in [-0.05, 0) is 68.9 Å². The average molecular weight is 387 g/mol. The van der Waals surface area contributed by atoms with Gasteiger partial charge in [0, 0.05) is 23.2 Å². The summed E-state index contributed by atoms with van der Waals surface area (Å²) in [6, 6.07) is 10.8. The SMILES string of the molecule is CC1(C#Cc2cccc3c2CCCCN3c2nc(=O)[nH]c3cccc(F)c23)CC1. The monoisotopic (exact) mass is 387 g/mol. The first kappa shape index (κ1) is 17.9. The van der Waals surface area contributed by atoms with Crippen LogP contribution in [0.2, 0.25) is 0 Å². The molecule has 5 heteroatoms. The number of aromatic nitrogens is 2. The highest BCUT2D eigenvalue weighted by molar-refractivity contribution is 5.92. The van der Waals surface area contributed by atoms with Crippen LogP contribution in [-0.4, -0.2) is 16.5 Å². The number of rotatable bonds is 1. The second-order valence-electron chi connectivity index (χ2n) is 8.25. The number of fused-ring (bicyclic) bond motifs is 2. The number of anilines is 2. The Bertz CT molecular complexity index is 1230. The molecule has 29 heavy (non-hydrogen) atoms. The molecular weight excluding hydrogens is 365 g/mol. The minimum absolute atomic E-state index is 0.154. The van der Waals surface area contributed by atoms with Crippen molar-refractivity contribution in [3.05, 3.63) is 63.8 Å². The Labute approximate surface area is 168 Å². The fraction of sp³-hybridized carbons (Fsp3) is 0.333. The number of nitrogens with zero attached hydrogens (tertiary/aromatic N) is 2. The van der Waals surface area contributed by atoms with E-state index in [9.17, 15) is 9.18 Å². The third-order valence-electron chi connectivity index (χ3n) is 5.94. The quantitative estimate of drug-likeness (QED) is 0.617. The molecule has 3 aromatic rings. The van der Waals surface area contributed by atoms with Crippen LogP contribution < -0.4 is 10.6 Å². The van der Waals surface area contributed by atoms with Crippen molar-refractivity contribution in [1.82, 2.24) is 9.97 Å². The number of hydrogen-bond acceptors (Lipinski definition) is 3. The lowest BCUT2D eigenvalue weighted by molar-refractivity contribution is 0.638. The lowest BCUT2D eigenvalue weighted by Crippen LogP contribution is -2.24. The molecule has 5 rings (SSSR count). The molecule has 0 unspecified atom stereocenters. The van der Waals surface area contributed by atoms with Gasteiger partial charge in [-0.25, -0.2) is 9.18 Å². The van der Waals surface area contributed by atoms with E-state index in [4.69, 9.17) is 0 Å². The van der Waals surface area contributed by atoms with Crippen LogP contribution in [-0.2, 0) is 6.42 Å². The summed E-state index contributed by atoms with van der Waals surface area (Å²) in [7, 11) is 0. The average Bonchev–Trinajstić information content (AvgIpc) is 3.47. The van der Waals surface area contributed by atoms with E-state index in [2.05, 4.69) is 34.8 Å². The van der Waals surface area contributed by atoms with Crippen LogP contribution in [0, 0.1) is 23.1 Å². The summed E-state index contributed by atoms with van der Waals surface area (Å²) in [5.74, 6) is 6.81. The van der Waals surface area contributed by atoms with Gasteiger partial charge in [0.15, 0.2) is 5.82 Å². The molecule has 2 aromatic carbocycles. The molecule has 2 aliphatic rings. The smallest absolute Gasteiger partial charge is 0.325 e. The molecule has 1 N–H and O–H groups in total. The van der Waals surface area contributed by atoms with Gasteiger partial charge >= 0.3 is 5.69 Å². The molecule has 146 valence electrons. The zero-order valence-electron chi connectivity index (χ0n) is 16.4. The minimum Gasteiger partial charge on any atom is -0.325 e. The summed E-state index contributed by atoms with van der Waals surface area (Å²) in [5.41, 5.74) is 3.30. The molecule has 0 amide bonds. The van der Waals surface area contributed by atoms with Crippen LogP contribution in [0.5, 0.6) is 0 Å². The third kappa shape index (κ3) is 3.29. The number of benzene rings is 2. The maximum atomic E-state index is 14.7. The Kier molecular flexibility index (Phi) is 4.16. The van der Waals surface area contributed by atoms with E-state index >= 15 is 0 Å². The van der Waals surface area contributed by atoms with E-state index in [1.165, 1.54) is 6.07 Å². The van der Waals surface area contributed by atoms with Gasteiger partial charge in [0.2, 0.25) is 0 Å². The van der Waals surface area contributed by atoms with Gasteiger partial charge in [0.05, 0.1) is 10.9 Å². The molecule has 1 fully saturated rings. The number of aromatic amines is 1. The lowest BCUT2D eigenvalue weighted by atomic mass is 10.00. The van der Waals surface area contributed by atoms with Gasteiger partial charge < -0.3 is 9.88 Å². The zero-order valence-corrected chi connectivity index (χ0v) is 16.4. The third-order valence-corrected chi connectivity index (χ3v) is 5.94. The molecule has 1 aliphatic carbocycles. The maximum absolute atomic E-state index is 14.7. The van der Waals surface area contributed by atoms with Gasteiger partial charge in [-0.15, -0.1) is 0 Å². The number of hydrogen-bond donors (Lipinski definition) is 1. The molecule has 0 spiro atoms. The van der Waals surface area contributed by atoms with E-state index in [-0.39, 0.29) is 11.2 Å². The highest BCUT2D eigenvalue weighted by atomic mass is 19.1. The largest absolute Gasteiger partial charge is 0.347 e. The van der Waals surface area contributed by atoms with Gasteiger partial charge in [-0.3, -0.25) is 0 Å². The van der Waals surface area contributed by atoms with E-state index in [0.29, 0.717) is 23.3 Å². The molecule has 0 saturated heterocycles. The lowest BCUT2D eigenvalue weighted by Gasteiger charge is -2.25. The zero-order chi connectivity index (χ0) is 20.0. The van der Waals surface area contributed by atoms with Crippen molar-refractivity contribution in [3.8, 4) is 11.8 Å². The van der Waals surface area contributed by atoms with Crippen molar-refractivity contribution in [2.24, 2.45) is 5.41 Å². The van der Waals surface area contributed by atoms with E-state index < -0.39 is 5.69 Å². The first-order valence-corrected chi connectivity index (χ1v) is 10.2. The highest BCUT2D eigenvalue weighted by Gasteiger charge is 2.35. The van der Waals surface area contributed by atoms with Crippen LogP contribution >= 0.6 is 0 Å². The van der Waals surface area contributed by atoms with Crippen LogP contribution in [0.3, 0.4) is 0 Å². The molecule has 0 radical (unpaired) electrons. The van der Waals surface area contributed by atoms with E-state index in [0.717, 1.165) is 48.9 Å². The van der Waals surface area contributed by atoms with Crippen molar-refractivity contribution in [2.45, 2.75) is 39.0 Å². The first-order valence-electron chi connectivity index (χ1n) is 10.2. The van der Waals surface area contributed by atoms with Crippen LogP contribution in [0.25, 0.3) is 10.9 Å². The van der Waals surface area contributed by atoms with Crippen molar-refractivity contribution in [1.29, 1.82) is 0 Å². The second kappa shape index (κ2) is 6.73.